The fourth-order valence-electron chi connectivity index (χ4n) is 1.57. The molecule has 3 nitrogen and oxygen atoms in total. The van der Waals surface area contributed by atoms with E-state index < -0.39 is 11.8 Å². The monoisotopic (exact) mass is 331 g/mol. The van der Waals surface area contributed by atoms with E-state index in [2.05, 4.69) is 15.9 Å². The molecule has 0 fully saturated rings. The molecule has 0 aliphatic rings. The second-order valence-corrected chi connectivity index (χ2v) is 4.90. The second-order valence-electron chi connectivity index (χ2n) is 3.68. The maximum Gasteiger partial charge on any atom is 0.337 e. The van der Waals surface area contributed by atoms with Crippen LogP contribution in [0, 0.1) is 5.82 Å². The summed E-state index contributed by atoms with van der Waals surface area (Å²) in [5.74, 6) is -1.45. The number of hydrogen-bond donors (Lipinski definition) is 1. The Balaban J connectivity index is 2.37. The summed E-state index contributed by atoms with van der Waals surface area (Å²) in [4.78, 5) is 10.8. The van der Waals surface area contributed by atoms with Crippen LogP contribution in [-0.2, 0) is 6.54 Å². The van der Waals surface area contributed by atoms with E-state index in [4.69, 9.17) is 16.7 Å². The van der Waals surface area contributed by atoms with E-state index in [9.17, 15) is 9.18 Å². The van der Waals surface area contributed by atoms with Crippen molar-refractivity contribution in [1.29, 1.82) is 0 Å². The largest absolute Gasteiger partial charge is 0.478 e. The lowest BCUT2D eigenvalue weighted by Gasteiger charge is -2.08. The molecule has 0 atom stereocenters. The quantitative estimate of drug-likeness (QED) is 0.929. The number of aromatic nitrogens is 1. The maximum absolute atomic E-state index is 13.6. The molecule has 2 rings (SSSR count). The van der Waals surface area contributed by atoms with Gasteiger partial charge in [0.25, 0.3) is 0 Å². The summed E-state index contributed by atoms with van der Waals surface area (Å²) >= 11 is 9.14. The summed E-state index contributed by atoms with van der Waals surface area (Å²) in [5, 5.41) is 9.18. The molecular formula is C12H8BrClFNO2. The van der Waals surface area contributed by atoms with Crippen LogP contribution in [0.4, 0.5) is 4.39 Å². The van der Waals surface area contributed by atoms with Gasteiger partial charge in [0, 0.05) is 16.8 Å². The first-order valence-electron chi connectivity index (χ1n) is 5.01. The van der Waals surface area contributed by atoms with Gasteiger partial charge in [0.05, 0.1) is 16.7 Å². The number of hydrogen-bond acceptors (Lipinski definition) is 1. The molecule has 0 unspecified atom stereocenters. The highest BCUT2D eigenvalue weighted by atomic mass is 79.9. The lowest BCUT2D eigenvalue weighted by molar-refractivity contribution is 0.0697. The van der Waals surface area contributed by atoms with Crippen LogP contribution >= 0.6 is 27.5 Å². The molecule has 0 saturated heterocycles. The van der Waals surface area contributed by atoms with E-state index in [1.165, 1.54) is 24.4 Å². The Kier molecular flexibility index (Phi) is 3.73. The Morgan fingerprint density at radius 3 is 2.78 bits per heavy atom. The van der Waals surface area contributed by atoms with Gasteiger partial charge in [-0.1, -0.05) is 17.7 Å². The highest BCUT2D eigenvalue weighted by Crippen LogP contribution is 2.23. The van der Waals surface area contributed by atoms with Crippen molar-refractivity contribution in [2.24, 2.45) is 0 Å². The highest BCUT2D eigenvalue weighted by molar-refractivity contribution is 9.10. The van der Waals surface area contributed by atoms with Crippen LogP contribution < -0.4 is 0 Å². The van der Waals surface area contributed by atoms with Gasteiger partial charge in [0.2, 0.25) is 0 Å². The topological polar surface area (TPSA) is 42.2 Å². The van der Waals surface area contributed by atoms with Crippen LogP contribution in [0.1, 0.15) is 15.9 Å². The molecule has 0 aliphatic heterocycles. The number of rotatable bonds is 3. The Hall–Kier alpha value is -1.33. The first-order valence-corrected chi connectivity index (χ1v) is 6.18. The van der Waals surface area contributed by atoms with Crippen molar-refractivity contribution in [2.75, 3.05) is 0 Å². The van der Waals surface area contributed by atoms with Crippen LogP contribution in [0.3, 0.4) is 0 Å². The predicted molar refractivity (Wildman–Crippen MR) is 69.6 cm³/mol. The minimum atomic E-state index is -1.03. The van der Waals surface area contributed by atoms with Crippen molar-refractivity contribution >= 4 is 33.5 Å². The van der Waals surface area contributed by atoms with Crippen molar-refractivity contribution < 1.29 is 14.3 Å². The standard InChI is InChI=1S/C12H8BrClFNO2/c13-11-4-7(12(17)18)5-16(11)6-8-9(14)2-1-3-10(8)15/h1-5H,6H2,(H,17,18). The molecule has 6 heteroatoms. The Labute approximate surface area is 116 Å². The summed E-state index contributed by atoms with van der Waals surface area (Å²) in [6, 6.07) is 5.89. The number of aromatic carboxylic acids is 1. The first kappa shape index (κ1) is 13.1. The average Bonchev–Trinajstić information content (AvgIpc) is 2.66. The number of carboxylic acid groups (broad SMARTS) is 1. The number of benzene rings is 1. The van der Waals surface area contributed by atoms with Crippen LogP contribution in [0.25, 0.3) is 0 Å². The Bertz CT molecular complexity index is 592. The molecule has 0 amide bonds. The summed E-state index contributed by atoms with van der Waals surface area (Å²) in [5.41, 5.74) is 0.460. The molecule has 1 heterocycles. The van der Waals surface area contributed by atoms with Gasteiger partial charge in [0.1, 0.15) is 5.82 Å². The van der Waals surface area contributed by atoms with E-state index in [1.807, 2.05) is 0 Å². The van der Waals surface area contributed by atoms with Gasteiger partial charge in [0.15, 0.2) is 0 Å². The lowest BCUT2D eigenvalue weighted by Crippen LogP contribution is -2.02. The van der Waals surface area contributed by atoms with E-state index in [-0.39, 0.29) is 12.1 Å². The number of carbonyl (C=O) groups is 1. The lowest BCUT2D eigenvalue weighted by atomic mass is 10.2. The predicted octanol–water partition coefficient (Wildman–Crippen LogP) is 3.79. The average molecular weight is 333 g/mol. The maximum atomic E-state index is 13.6. The number of halogens is 3. The summed E-state index contributed by atoms with van der Waals surface area (Å²) in [7, 11) is 0. The molecule has 0 bridgehead atoms. The van der Waals surface area contributed by atoms with Crippen LogP contribution in [0.2, 0.25) is 5.02 Å². The van der Waals surface area contributed by atoms with Crippen molar-refractivity contribution in [3.8, 4) is 0 Å². The van der Waals surface area contributed by atoms with E-state index in [0.717, 1.165) is 0 Å². The molecule has 0 spiro atoms. The molecule has 0 aliphatic carbocycles. The molecule has 1 N–H and O–H groups in total. The summed E-state index contributed by atoms with van der Waals surface area (Å²) in [6.07, 6.45) is 1.43. The van der Waals surface area contributed by atoms with Crippen molar-refractivity contribution in [1.82, 2.24) is 4.57 Å². The zero-order valence-corrected chi connectivity index (χ0v) is 11.4. The van der Waals surface area contributed by atoms with Crippen molar-refractivity contribution in [3.63, 3.8) is 0 Å². The molecule has 1 aromatic carbocycles. The zero-order chi connectivity index (χ0) is 13.3. The van der Waals surface area contributed by atoms with Gasteiger partial charge < -0.3 is 9.67 Å². The van der Waals surface area contributed by atoms with Crippen molar-refractivity contribution in [3.05, 3.63) is 57.0 Å². The number of nitrogens with zero attached hydrogens (tertiary/aromatic N) is 1. The van der Waals surface area contributed by atoms with Gasteiger partial charge in [-0.3, -0.25) is 0 Å². The molecule has 2 aromatic rings. The minimum Gasteiger partial charge on any atom is -0.478 e. The summed E-state index contributed by atoms with van der Waals surface area (Å²) in [6.45, 7) is 0.166. The molecule has 0 radical (unpaired) electrons. The van der Waals surface area contributed by atoms with E-state index in [1.54, 1.807) is 10.6 Å². The molecule has 1 aromatic heterocycles. The van der Waals surface area contributed by atoms with Crippen LogP contribution in [0.15, 0.2) is 35.1 Å². The second kappa shape index (κ2) is 5.12. The third kappa shape index (κ3) is 2.57. The molecule has 18 heavy (non-hydrogen) atoms. The summed E-state index contributed by atoms with van der Waals surface area (Å²) < 4.78 is 15.7. The third-order valence-corrected chi connectivity index (χ3v) is 3.52. The highest BCUT2D eigenvalue weighted by Gasteiger charge is 2.13. The van der Waals surface area contributed by atoms with Gasteiger partial charge in [-0.2, -0.15) is 0 Å². The fourth-order valence-corrected chi connectivity index (χ4v) is 2.27. The third-order valence-electron chi connectivity index (χ3n) is 2.48. The first-order chi connectivity index (χ1) is 8.49. The van der Waals surface area contributed by atoms with E-state index >= 15 is 0 Å². The van der Waals surface area contributed by atoms with Crippen LogP contribution in [0.5, 0.6) is 0 Å². The Morgan fingerprint density at radius 1 is 1.50 bits per heavy atom. The number of carboxylic acids is 1. The Morgan fingerprint density at radius 2 is 2.22 bits per heavy atom. The van der Waals surface area contributed by atoms with Gasteiger partial charge in [-0.05, 0) is 34.1 Å². The molecule has 94 valence electrons. The smallest absolute Gasteiger partial charge is 0.337 e. The van der Waals surface area contributed by atoms with Gasteiger partial charge in [-0.25, -0.2) is 9.18 Å². The van der Waals surface area contributed by atoms with Gasteiger partial charge >= 0.3 is 5.97 Å². The molecular weight excluding hydrogens is 324 g/mol. The van der Waals surface area contributed by atoms with E-state index in [0.29, 0.717) is 15.2 Å². The van der Waals surface area contributed by atoms with Gasteiger partial charge in [-0.15, -0.1) is 0 Å². The normalized spacial score (nSPS) is 10.6. The molecule has 0 saturated carbocycles. The van der Waals surface area contributed by atoms with Crippen molar-refractivity contribution in [2.45, 2.75) is 6.54 Å². The van der Waals surface area contributed by atoms with Crippen LogP contribution in [-0.4, -0.2) is 15.6 Å². The fraction of sp³-hybridized carbons (Fsp3) is 0.0833. The zero-order valence-electron chi connectivity index (χ0n) is 9.03. The minimum absolute atomic E-state index is 0.134. The SMILES string of the molecule is O=C(O)c1cc(Br)n(Cc2c(F)cccc2Cl)c1.